The van der Waals surface area contributed by atoms with Gasteiger partial charge in [-0.05, 0) is 46.0 Å². The quantitative estimate of drug-likeness (QED) is 0.606. The predicted octanol–water partition coefficient (Wildman–Crippen LogP) is 2.20. The summed E-state index contributed by atoms with van der Waals surface area (Å²) in [5, 5.41) is 12.8. The Morgan fingerprint density at radius 2 is 2.10 bits per heavy atom. The maximum Gasteiger partial charge on any atom is 0.327 e. The third kappa shape index (κ3) is 4.93. The Kier molecular flexibility index (Phi) is 7.34. The molecular formula is C15H29NO3S. The number of hydrogen-bond donors (Lipinski definition) is 2. The predicted molar refractivity (Wildman–Crippen MR) is 84.0 cm³/mol. The van der Waals surface area contributed by atoms with Gasteiger partial charge in [0, 0.05) is 23.7 Å². The van der Waals surface area contributed by atoms with Crippen LogP contribution in [0.1, 0.15) is 47.0 Å². The smallest absolute Gasteiger partial charge is 0.327 e. The van der Waals surface area contributed by atoms with Crippen LogP contribution < -0.4 is 5.32 Å². The fraction of sp³-hybridized carbons (Fsp3) is 0.933. The van der Waals surface area contributed by atoms with Gasteiger partial charge in [-0.2, -0.15) is 11.8 Å². The van der Waals surface area contributed by atoms with Crippen molar-refractivity contribution in [3.63, 3.8) is 0 Å². The first kappa shape index (κ1) is 17.8. The van der Waals surface area contributed by atoms with Gasteiger partial charge in [-0.1, -0.05) is 6.92 Å². The van der Waals surface area contributed by atoms with Crippen molar-refractivity contribution in [2.75, 3.05) is 19.0 Å². The minimum atomic E-state index is -0.557. The minimum Gasteiger partial charge on any atom is -0.465 e. The largest absolute Gasteiger partial charge is 0.465 e. The van der Waals surface area contributed by atoms with E-state index in [1.54, 1.807) is 11.8 Å². The van der Waals surface area contributed by atoms with Gasteiger partial charge in [0.2, 0.25) is 0 Å². The number of aliphatic hydroxyl groups is 1. The molecule has 0 spiro atoms. The average molecular weight is 303 g/mol. The van der Waals surface area contributed by atoms with Crippen LogP contribution in [0.2, 0.25) is 0 Å². The lowest BCUT2D eigenvalue weighted by Crippen LogP contribution is -2.59. The molecule has 4 nitrogen and oxygen atoms in total. The molecule has 0 saturated heterocycles. The Labute approximate surface area is 127 Å². The van der Waals surface area contributed by atoms with Crippen LogP contribution in [0.4, 0.5) is 0 Å². The van der Waals surface area contributed by atoms with E-state index in [1.165, 1.54) is 0 Å². The van der Waals surface area contributed by atoms with E-state index < -0.39 is 5.54 Å². The lowest BCUT2D eigenvalue weighted by molar-refractivity contribution is -0.151. The summed E-state index contributed by atoms with van der Waals surface area (Å²) in [5.41, 5.74) is -0.557. The van der Waals surface area contributed by atoms with Gasteiger partial charge in [0.05, 0.1) is 6.61 Å². The number of hydrogen-bond acceptors (Lipinski definition) is 5. The molecule has 1 rings (SSSR count). The molecule has 1 aliphatic rings. The van der Waals surface area contributed by atoms with Gasteiger partial charge in [-0.3, -0.25) is 10.1 Å². The van der Waals surface area contributed by atoms with Gasteiger partial charge < -0.3 is 9.84 Å². The molecule has 1 fully saturated rings. The SMILES string of the molecule is CCOC(=O)C(CSC(C)CCO)(NC(C)C)C1CC1. The number of ether oxygens (including phenoxy) is 1. The minimum absolute atomic E-state index is 0.111. The first-order valence-electron chi connectivity index (χ1n) is 7.63. The van der Waals surface area contributed by atoms with Crippen molar-refractivity contribution in [1.29, 1.82) is 0 Å². The summed E-state index contributed by atoms with van der Waals surface area (Å²) in [4.78, 5) is 12.5. The lowest BCUT2D eigenvalue weighted by atomic mass is 9.94. The molecule has 0 bridgehead atoms. The summed E-state index contributed by atoms with van der Waals surface area (Å²) < 4.78 is 5.34. The number of carbonyl (C=O) groups excluding carboxylic acids is 1. The normalized spacial score (nSPS) is 19.7. The molecule has 0 heterocycles. The zero-order chi connectivity index (χ0) is 15.2. The van der Waals surface area contributed by atoms with Crippen LogP contribution in [-0.4, -0.2) is 46.9 Å². The molecule has 5 heteroatoms. The number of aliphatic hydroxyl groups excluding tert-OH is 1. The van der Waals surface area contributed by atoms with E-state index in [2.05, 4.69) is 26.1 Å². The third-order valence-corrected chi connectivity index (χ3v) is 5.02. The van der Waals surface area contributed by atoms with Crippen LogP contribution in [0.15, 0.2) is 0 Å². The van der Waals surface area contributed by atoms with Crippen LogP contribution in [0, 0.1) is 5.92 Å². The third-order valence-electron chi connectivity index (χ3n) is 3.59. The Morgan fingerprint density at radius 3 is 2.55 bits per heavy atom. The molecular weight excluding hydrogens is 274 g/mol. The van der Waals surface area contributed by atoms with Gasteiger partial charge in [0.15, 0.2) is 0 Å². The maximum atomic E-state index is 12.5. The van der Waals surface area contributed by atoms with Crippen molar-refractivity contribution in [1.82, 2.24) is 5.32 Å². The molecule has 0 aromatic rings. The number of esters is 1. The van der Waals surface area contributed by atoms with Crippen LogP contribution in [-0.2, 0) is 9.53 Å². The molecule has 0 aromatic carbocycles. The second kappa shape index (κ2) is 8.25. The standard InChI is InChI=1S/C15H29NO3S/c1-5-19-14(18)15(13-6-7-13,16-11(2)3)10-20-12(4)8-9-17/h11-13,16-17H,5-10H2,1-4H3. The van der Waals surface area contributed by atoms with Crippen molar-refractivity contribution in [3.05, 3.63) is 0 Å². The van der Waals surface area contributed by atoms with Crippen molar-refractivity contribution in [3.8, 4) is 0 Å². The molecule has 2 unspecified atom stereocenters. The van der Waals surface area contributed by atoms with Gasteiger partial charge in [-0.15, -0.1) is 0 Å². The van der Waals surface area contributed by atoms with E-state index in [-0.39, 0.29) is 18.6 Å². The molecule has 1 aliphatic carbocycles. The molecule has 0 aromatic heterocycles. The van der Waals surface area contributed by atoms with Gasteiger partial charge in [0.25, 0.3) is 0 Å². The molecule has 2 N–H and O–H groups in total. The summed E-state index contributed by atoms with van der Waals surface area (Å²) in [6, 6.07) is 0.244. The van der Waals surface area contributed by atoms with Gasteiger partial charge in [0.1, 0.15) is 5.54 Å². The van der Waals surface area contributed by atoms with Crippen molar-refractivity contribution in [2.45, 2.75) is 63.8 Å². The second-order valence-electron chi connectivity index (χ2n) is 5.90. The van der Waals surface area contributed by atoms with Crippen molar-refractivity contribution in [2.24, 2.45) is 5.92 Å². The summed E-state index contributed by atoms with van der Waals surface area (Å²) in [6.07, 6.45) is 2.94. The Morgan fingerprint density at radius 1 is 1.45 bits per heavy atom. The monoisotopic (exact) mass is 303 g/mol. The number of thioether (sulfide) groups is 1. The van der Waals surface area contributed by atoms with E-state index in [4.69, 9.17) is 9.84 Å². The Hall–Kier alpha value is -0.260. The molecule has 2 atom stereocenters. The molecule has 0 amide bonds. The van der Waals surface area contributed by atoms with Crippen LogP contribution >= 0.6 is 11.8 Å². The van der Waals surface area contributed by atoms with E-state index in [9.17, 15) is 4.79 Å². The van der Waals surface area contributed by atoms with E-state index >= 15 is 0 Å². The Balaban J connectivity index is 2.77. The lowest BCUT2D eigenvalue weighted by Gasteiger charge is -2.35. The highest BCUT2D eigenvalue weighted by Gasteiger charge is 2.52. The number of nitrogens with one attached hydrogen (secondary N) is 1. The highest BCUT2D eigenvalue weighted by atomic mass is 32.2. The molecule has 0 aliphatic heterocycles. The van der Waals surface area contributed by atoms with Gasteiger partial charge in [-0.25, -0.2) is 0 Å². The van der Waals surface area contributed by atoms with E-state index in [0.29, 0.717) is 17.8 Å². The van der Waals surface area contributed by atoms with Crippen molar-refractivity contribution >= 4 is 17.7 Å². The average Bonchev–Trinajstić information content (AvgIpc) is 3.19. The van der Waals surface area contributed by atoms with Crippen LogP contribution in [0.3, 0.4) is 0 Å². The summed E-state index contributed by atoms with van der Waals surface area (Å²) in [6.45, 7) is 8.70. The molecule has 0 radical (unpaired) electrons. The van der Waals surface area contributed by atoms with Crippen LogP contribution in [0.25, 0.3) is 0 Å². The topological polar surface area (TPSA) is 58.6 Å². The zero-order valence-electron chi connectivity index (χ0n) is 13.1. The fourth-order valence-electron chi connectivity index (χ4n) is 2.45. The number of rotatable bonds is 10. The molecule has 118 valence electrons. The van der Waals surface area contributed by atoms with Gasteiger partial charge >= 0.3 is 5.97 Å². The first-order valence-corrected chi connectivity index (χ1v) is 8.68. The first-order chi connectivity index (χ1) is 9.46. The van der Waals surface area contributed by atoms with Crippen LogP contribution in [0.5, 0.6) is 0 Å². The summed E-state index contributed by atoms with van der Waals surface area (Å²) in [7, 11) is 0. The molecule has 20 heavy (non-hydrogen) atoms. The second-order valence-corrected chi connectivity index (χ2v) is 7.33. The zero-order valence-corrected chi connectivity index (χ0v) is 14.0. The van der Waals surface area contributed by atoms with E-state index in [1.807, 2.05) is 6.92 Å². The van der Waals surface area contributed by atoms with Crippen molar-refractivity contribution < 1.29 is 14.6 Å². The summed E-state index contributed by atoms with van der Waals surface area (Å²) in [5.74, 6) is 0.994. The number of carbonyl (C=O) groups is 1. The summed E-state index contributed by atoms with van der Waals surface area (Å²) >= 11 is 1.75. The van der Waals surface area contributed by atoms with E-state index in [0.717, 1.165) is 25.0 Å². The fourth-order valence-corrected chi connectivity index (χ4v) is 3.71. The highest BCUT2D eigenvalue weighted by molar-refractivity contribution is 8.00. The maximum absolute atomic E-state index is 12.5. The molecule has 1 saturated carbocycles. The Bertz CT molecular complexity index is 307. The highest BCUT2D eigenvalue weighted by Crippen LogP contribution is 2.43.